The Labute approximate surface area is 162 Å². The van der Waals surface area contributed by atoms with Crippen molar-refractivity contribution >= 4 is 40.7 Å². The van der Waals surface area contributed by atoms with Crippen LogP contribution in [0.5, 0.6) is 0 Å². The van der Waals surface area contributed by atoms with E-state index >= 15 is 0 Å². The minimum Gasteiger partial charge on any atom is -0.350 e. The highest BCUT2D eigenvalue weighted by atomic mass is 35.5. The number of aromatic nitrogens is 1. The lowest BCUT2D eigenvalue weighted by atomic mass is 9.95. The minimum absolute atomic E-state index is 0.116. The number of urea groups is 1. The van der Waals surface area contributed by atoms with Crippen molar-refractivity contribution < 1.29 is 14.0 Å². The largest absolute Gasteiger partial charge is 0.350 e. The van der Waals surface area contributed by atoms with Crippen LogP contribution in [0.3, 0.4) is 0 Å². The lowest BCUT2D eigenvalue weighted by Crippen LogP contribution is -2.47. The second-order valence-electron chi connectivity index (χ2n) is 5.49. The van der Waals surface area contributed by atoms with E-state index in [4.69, 9.17) is 17.3 Å². The Balaban J connectivity index is 2.06. The maximum Gasteiger partial charge on any atom is 0.330 e. The molecule has 3 rings (SSSR count). The van der Waals surface area contributed by atoms with E-state index in [-0.39, 0.29) is 10.6 Å². The van der Waals surface area contributed by atoms with Crippen molar-refractivity contribution in [3.05, 3.63) is 62.5 Å². The van der Waals surface area contributed by atoms with Gasteiger partial charge in [-0.1, -0.05) is 17.7 Å². The van der Waals surface area contributed by atoms with Crippen molar-refractivity contribution in [1.29, 1.82) is 0 Å². The van der Waals surface area contributed by atoms with Gasteiger partial charge in [0, 0.05) is 27.9 Å². The van der Waals surface area contributed by atoms with E-state index < -0.39 is 23.8 Å². The van der Waals surface area contributed by atoms with E-state index in [1.54, 1.807) is 18.5 Å². The number of amidine groups is 1. The molecule has 1 aliphatic heterocycles. The molecule has 0 saturated heterocycles. The Morgan fingerprint density at radius 1 is 1.37 bits per heavy atom. The Kier molecular flexibility index (Phi) is 5.38. The average Bonchev–Trinajstić information content (AvgIpc) is 3.13. The lowest BCUT2D eigenvalue weighted by Gasteiger charge is -2.26. The number of halogens is 2. The van der Waals surface area contributed by atoms with Gasteiger partial charge in [-0.3, -0.25) is 15.2 Å². The molecule has 27 heavy (non-hydrogen) atoms. The second kappa shape index (κ2) is 7.72. The van der Waals surface area contributed by atoms with Gasteiger partial charge >= 0.3 is 6.03 Å². The van der Waals surface area contributed by atoms with Crippen LogP contribution < -0.4 is 21.9 Å². The van der Waals surface area contributed by atoms with Crippen molar-refractivity contribution in [1.82, 2.24) is 21.2 Å². The molecule has 2 aromatic rings. The van der Waals surface area contributed by atoms with Crippen LogP contribution in [0.2, 0.25) is 5.02 Å². The molecule has 11 heteroatoms. The molecule has 0 radical (unpaired) electrons. The molecule has 1 aromatic heterocycles. The third-order valence-electron chi connectivity index (χ3n) is 3.68. The minimum atomic E-state index is -0.922. The molecule has 0 bridgehead atoms. The maximum atomic E-state index is 13.5. The summed E-state index contributed by atoms with van der Waals surface area (Å²) in [4.78, 5) is 32.2. The summed E-state index contributed by atoms with van der Waals surface area (Å²) in [6.07, 6.45) is 1.63. The summed E-state index contributed by atoms with van der Waals surface area (Å²) in [6, 6.07) is 2.07. The van der Waals surface area contributed by atoms with Gasteiger partial charge in [-0.05, 0) is 19.1 Å². The SMILES string of the molecule is CC1=C(C(=O)NNC(N)=O)C(c2ccc(F)cc2Cl)N=C(c2nccs2)N1. The fraction of sp³-hybridized carbons (Fsp3) is 0.125. The first-order valence-corrected chi connectivity index (χ1v) is 8.88. The van der Waals surface area contributed by atoms with Crippen molar-refractivity contribution in [3.63, 3.8) is 0 Å². The van der Waals surface area contributed by atoms with E-state index in [1.807, 2.05) is 5.43 Å². The number of carbonyl (C=O) groups excluding carboxylic acids is 2. The van der Waals surface area contributed by atoms with E-state index in [0.717, 1.165) is 6.07 Å². The Bertz CT molecular complexity index is 960. The molecule has 8 nitrogen and oxygen atoms in total. The number of hydrazine groups is 1. The number of thiazole rings is 1. The normalized spacial score (nSPS) is 16.4. The van der Waals surface area contributed by atoms with Gasteiger partial charge in [0.05, 0.1) is 5.57 Å². The monoisotopic (exact) mass is 408 g/mol. The molecule has 1 unspecified atom stereocenters. The van der Waals surface area contributed by atoms with Crippen LogP contribution in [0.4, 0.5) is 9.18 Å². The van der Waals surface area contributed by atoms with Gasteiger partial charge < -0.3 is 11.1 Å². The van der Waals surface area contributed by atoms with E-state index in [9.17, 15) is 14.0 Å². The Morgan fingerprint density at radius 2 is 2.15 bits per heavy atom. The van der Waals surface area contributed by atoms with E-state index in [1.165, 1.54) is 23.5 Å². The van der Waals surface area contributed by atoms with Crippen molar-refractivity contribution in [3.8, 4) is 0 Å². The first kappa shape index (κ1) is 18.8. The van der Waals surface area contributed by atoms with Crippen LogP contribution in [0.1, 0.15) is 23.5 Å². The molecular formula is C16H14ClFN6O2S. The highest BCUT2D eigenvalue weighted by molar-refractivity contribution is 7.11. The molecule has 1 aromatic carbocycles. The standard InChI is InChI=1S/C16H14ClFN6O2S/c1-7-11(14(25)23-24-16(19)26)12(9-3-2-8(18)6-10(9)17)22-13(21-7)15-20-4-5-27-15/h2-6,12H,1H3,(H,21,22)(H,23,25)(H3,19,24,26). The molecular weight excluding hydrogens is 395 g/mol. The van der Waals surface area contributed by atoms with Crippen LogP contribution in [0, 0.1) is 5.82 Å². The average molecular weight is 409 g/mol. The van der Waals surface area contributed by atoms with Gasteiger partial charge in [0.15, 0.2) is 10.8 Å². The van der Waals surface area contributed by atoms with E-state index in [0.29, 0.717) is 22.1 Å². The number of nitrogens with zero attached hydrogens (tertiary/aromatic N) is 2. The number of benzene rings is 1. The third-order valence-corrected chi connectivity index (χ3v) is 4.78. The van der Waals surface area contributed by atoms with Gasteiger partial charge in [-0.25, -0.2) is 19.6 Å². The molecule has 0 aliphatic carbocycles. The van der Waals surface area contributed by atoms with Crippen molar-refractivity contribution in [2.45, 2.75) is 13.0 Å². The number of hydrogen-bond acceptors (Lipinski definition) is 6. The predicted molar refractivity (Wildman–Crippen MR) is 99.5 cm³/mol. The van der Waals surface area contributed by atoms with Gasteiger partial charge in [0.2, 0.25) is 0 Å². The van der Waals surface area contributed by atoms with Gasteiger partial charge in [-0.15, -0.1) is 11.3 Å². The van der Waals surface area contributed by atoms with Crippen molar-refractivity contribution in [2.24, 2.45) is 10.7 Å². The molecule has 0 spiro atoms. The Hall–Kier alpha value is -2.98. The number of carbonyl (C=O) groups is 2. The first-order chi connectivity index (χ1) is 12.9. The molecule has 0 saturated carbocycles. The first-order valence-electron chi connectivity index (χ1n) is 7.63. The number of rotatable bonds is 3. The zero-order valence-corrected chi connectivity index (χ0v) is 15.5. The quantitative estimate of drug-likeness (QED) is 0.580. The van der Waals surface area contributed by atoms with Crippen molar-refractivity contribution in [2.75, 3.05) is 0 Å². The number of hydrogen-bond donors (Lipinski definition) is 4. The molecule has 0 fully saturated rings. The van der Waals surface area contributed by atoms with Crippen LogP contribution in [0.15, 0.2) is 46.0 Å². The third kappa shape index (κ3) is 4.07. The van der Waals surface area contributed by atoms with Gasteiger partial charge in [-0.2, -0.15) is 0 Å². The van der Waals surface area contributed by atoms with E-state index in [2.05, 4.69) is 20.7 Å². The van der Waals surface area contributed by atoms with Crippen LogP contribution >= 0.6 is 22.9 Å². The highest BCUT2D eigenvalue weighted by Gasteiger charge is 2.31. The zero-order valence-electron chi connectivity index (χ0n) is 13.9. The Morgan fingerprint density at radius 3 is 2.78 bits per heavy atom. The number of nitrogens with one attached hydrogen (secondary N) is 3. The summed E-state index contributed by atoms with van der Waals surface area (Å²) in [5.41, 5.74) is 10.3. The predicted octanol–water partition coefficient (Wildman–Crippen LogP) is 2.00. The number of allylic oxidation sites excluding steroid dienone is 1. The number of nitrogens with two attached hydrogens (primary N) is 1. The summed E-state index contributed by atoms with van der Waals surface area (Å²) in [5.74, 6) is -0.692. The van der Waals surface area contributed by atoms with Gasteiger partial charge in [0.25, 0.3) is 5.91 Å². The highest BCUT2D eigenvalue weighted by Crippen LogP contribution is 2.35. The summed E-state index contributed by atoms with van der Waals surface area (Å²) in [7, 11) is 0. The lowest BCUT2D eigenvalue weighted by molar-refractivity contribution is -0.118. The fourth-order valence-electron chi connectivity index (χ4n) is 2.55. The molecule has 2 heterocycles. The van der Waals surface area contributed by atoms with Crippen LogP contribution in [-0.4, -0.2) is 22.8 Å². The topological polar surface area (TPSA) is 122 Å². The smallest absolute Gasteiger partial charge is 0.330 e. The summed E-state index contributed by atoms with van der Waals surface area (Å²) < 4.78 is 13.5. The number of aliphatic imine (C=N–C) groups is 1. The molecule has 140 valence electrons. The fourth-order valence-corrected chi connectivity index (χ4v) is 3.41. The summed E-state index contributed by atoms with van der Waals surface area (Å²) in [5, 5.41) is 5.55. The molecule has 1 aliphatic rings. The maximum absolute atomic E-state index is 13.5. The number of amides is 3. The zero-order chi connectivity index (χ0) is 19.6. The van der Waals surface area contributed by atoms with Crippen LogP contribution in [-0.2, 0) is 4.79 Å². The molecule has 5 N–H and O–H groups in total. The van der Waals surface area contributed by atoms with Gasteiger partial charge in [0.1, 0.15) is 11.9 Å². The summed E-state index contributed by atoms with van der Waals surface area (Å²) >= 11 is 7.56. The molecule has 1 atom stereocenters. The summed E-state index contributed by atoms with van der Waals surface area (Å²) in [6.45, 7) is 1.67. The van der Waals surface area contributed by atoms with Crippen LogP contribution in [0.25, 0.3) is 0 Å². The second-order valence-corrected chi connectivity index (χ2v) is 6.79. The molecule has 3 amide bonds. The number of primary amides is 1.